The van der Waals surface area contributed by atoms with Crippen LogP contribution in [0.2, 0.25) is 0 Å². The molecule has 0 radical (unpaired) electrons. The summed E-state index contributed by atoms with van der Waals surface area (Å²) in [7, 11) is 1.60. The third-order valence-corrected chi connectivity index (χ3v) is 3.25. The number of carbonyl (C=O) groups is 2. The SMILES string of the molecule is CCCC1NC(=O)C(C(C)C)N(CCOC)C1=O. The van der Waals surface area contributed by atoms with Gasteiger partial charge in [0, 0.05) is 13.7 Å². The standard InChI is InChI=1S/C13H24N2O3/c1-5-6-10-13(17)15(7-8-18-4)11(9(2)3)12(16)14-10/h9-11H,5-8H2,1-4H3,(H,14,16). The first-order chi connectivity index (χ1) is 8.52. The molecule has 0 aromatic carbocycles. The number of rotatable bonds is 6. The van der Waals surface area contributed by atoms with Crippen LogP contribution in [0, 0.1) is 5.92 Å². The number of methoxy groups -OCH3 is 1. The number of nitrogens with zero attached hydrogens (tertiary/aromatic N) is 1. The summed E-state index contributed by atoms with van der Waals surface area (Å²) in [5, 5.41) is 2.83. The summed E-state index contributed by atoms with van der Waals surface area (Å²) < 4.78 is 5.03. The molecule has 2 unspecified atom stereocenters. The van der Waals surface area contributed by atoms with Crippen LogP contribution in [-0.4, -0.2) is 49.1 Å². The Balaban J connectivity index is 2.86. The number of carbonyl (C=O) groups excluding carboxylic acids is 2. The molecule has 104 valence electrons. The molecule has 5 nitrogen and oxygen atoms in total. The highest BCUT2D eigenvalue weighted by Crippen LogP contribution is 2.19. The van der Waals surface area contributed by atoms with Crippen molar-refractivity contribution in [3.63, 3.8) is 0 Å². The van der Waals surface area contributed by atoms with Crippen molar-refractivity contribution in [3.05, 3.63) is 0 Å². The average Bonchev–Trinajstić information content (AvgIpc) is 2.31. The number of hydrogen-bond donors (Lipinski definition) is 1. The van der Waals surface area contributed by atoms with Gasteiger partial charge < -0.3 is 15.0 Å². The molecule has 1 saturated heterocycles. The largest absolute Gasteiger partial charge is 0.383 e. The quantitative estimate of drug-likeness (QED) is 0.764. The van der Waals surface area contributed by atoms with Crippen molar-refractivity contribution in [2.24, 2.45) is 5.92 Å². The van der Waals surface area contributed by atoms with Crippen molar-refractivity contribution in [2.75, 3.05) is 20.3 Å². The van der Waals surface area contributed by atoms with E-state index in [4.69, 9.17) is 4.74 Å². The van der Waals surface area contributed by atoms with E-state index in [1.165, 1.54) is 0 Å². The van der Waals surface area contributed by atoms with Crippen LogP contribution in [0.3, 0.4) is 0 Å². The third kappa shape index (κ3) is 3.22. The lowest BCUT2D eigenvalue weighted by molar-refractivity contribution is -0.152. The number of amides is 2. The highest BCUT2D eigenvalue weighted by atomic mass is 16.5. The maximum Gasteiger partial charge on any atom is 0.245 e. The molecule has 1 fully saturated rings. The van der Waals surface area contributed by atoms with Crippen LogP contribution in [0.1, 0.15) is 33.6 Å². The van der Waals surface area contributed by atoms with Gasteiger partial charge in [0.1, 0.15) is 12.1 Å². The van der Waals surface area contributed by atoms with Gasteiger partial charge in [-0.15, -0.1) is 0 Å². The normalized spacial score (nSPS) is 24.6. The second kappa shape index (κ2) is 6.73. The van der Waals surface area contributed by atoms with Crippen molar-refractivity contribution in [3.8, 4) is 0 Å². The van der Waals surface area contributed by atoms with E-state index >= 15 is 0 Å². The molecule has 0 aromatic heterocycles. The molecule has 0 aromatic rings. The van der Waals surface area contributed by atoms with E-state index in [0.717, 1.165) is 6.42 Å². The second-order valence-corrected chi connectivity index (χ2v) is 5.06. The number of ether oxygens (including phenoxy) is 1. The van der Waals surface area contributed by atoms with Gasteiger partial charge in [0.2, 0.25) is 11.8 Å². The van der Waals surface area contributed by atoms with Gasteiger partial charge in [-0.25, -0.2) is 0 Å². The molecule has 0 spiro atoms. The summed E-state index contributed by atoms with van der Waals surface area (Å²) in [6.45, 7) is 6.86. The van der Waals surface area contributed by atoms with Gasteiger partial charge >= 0.3 is 0 Å². The zero-order valence-corrected chi connectivity index (χ0v) is 11.7. The zero-order chi connectivity index (χ0) is 13.7. The first-order valence-electron chi connectivity index (χ1n) is 6.62. The summed E-state index contributed by atoms with van der Waals surface area (Å²) in [4.78, 5) is 26.1. The smallest absolute Gasteiger partial charge is 0.245 e. The second-order valence-electron chi connectivity index (χ2n) is 5.06. The molecular weight excluding hydrogens is 232 g/mol. The fourth-order valence-corrected chi connectivity index (χ4v) is 2.38. The van der Waals surface area contributed by atoms with Crippen molar-refractivity contribution < 1.29 is 14.3 Å². The van der Waals surface area contributed by atoms with E-state index < -0.39 is 0 Å². The Bertz CT molecular complexity index is 305. The fraction of sp³-hybridized carbons (Fsp3) is 0.846. The highest BCUT2D eigenvalue weighted by Gasteiger charge is 2.41. The van der Waals surface area contributed by atoms with Crippen molar-refractivity contribution in [1.82, 2.24) is 10.2 Å². The number of piperazine rings is 1. The van der Waals surface area contributed by atoms with Crippen molar-refractivity contribution in [2.45, 2.75) is 45.7 Å². The first kappa shape index (κ1) is 15.0. The summed E-state index contributed by atoms with van der Waals surface area (Å²) in [5.41, 5.74) is 0. The zero-order valence-electron chi connectivity index (χ0n) is 11.7. The molecule has 0 saturated carbocycles. The minimum absolute atomic E-state index is 0.0206. The maximum atomic E-state index is 12.3. The number of nitrogens with one attached hydrogen (secondary N) is 1. The van der Waals surface area contributed by atoms with E-state index in [9.17, 15) is 9.59 Å². The Morgan fingerprint density at radius 1 is 1.39 bits per heavy atom. The van der Waals surface area contributed by atoms with Gasteiger partial charge in [0.15, 0.2) is 0 Å². The van der Waals surface area contributed by atoms with Gasteiger partial charge in [-0.3, -0.25) is 9.59 Å². The van der Waals surface area contributed by atoms with Crippen LogP contribution < -0.4 is 5.32 Å². The third-order valence-electron chi connectivity index (χ3n) is 3.25. The Morgan fingerprint density at radius 2 is 2.06 bits per heavy atom. The molecule has 1 rings (SSSR count). The molecule has 1 aliphatic heterocycles. The minimum atomic E-state index is -0.374. The lowest BCUT2D eigenvalue weighted by Gasteiger charge is -2.40. The summed E-state index contributed by atoms with van der Waals surface area (Å²) in [6, 6.07) is -0.741. The van der Waals surface area contributed by atoms with Gasteiger partial charge in [0.05, 0.1) is 6.61 Å². The molecule has 2 amide bonds. The van der Waals surface area contributed by atoms with E-state index in [0.29, 0.717) is 19.6 Å². The molecule has 1 heterocycles. The molecule has 1 aliphatic rings. The summed E-state index contributed by atoms with van der Waals surface area (Å²) in [5.74, 6) is 0.0831. The van der Waals surface area contributed by atoms with Gasteiger partial charge in [0.25, 0.3) is 0 Å². The topological polar surface area (TPSA) is 58.6 Å². The van der Waals surface area contributed by atoms with Crippen LogP contribution >= 0.6 is 0 Å². The van der Waals surface area contributed by atoms with Crippen LogP contribution in [0.5, 0.6) is 0 Å². The van der Waals surface area contributed by atoms with Crippen LogP contribution in [-0.2, 0) is 14.3 Å². The lowest BCUT2D eigenvalue weighted by Crippen LogP contribution is -2.65. The minimum Gasteiger partial charge on any atom is -0.383 e. The van der Waals surface area contributed by atoms with Crippen LogP contribution in [0.25, 0.3) is 0 Å². The Labute approximate surface area is 109 Å². The van der Waals surface area contributed by atoms with Gasteiger partial charge in [-0.2, -0.15) is 0 Å². The first-order valence-corrected chi connectivity index (χ1v) is 6.62. The van der Waals surface area contributed by atoms with Gasteiger partial charge in [-0.05, 0) is 12.3 Å². The molecule has 18 heavy (non-hydrogen) atoms. The van der Waals surface area contributed by atoms with Crippen molar-refractivity contribution in [1.29, 1.82) is 0 Å². The van der Waals surface area contributed by atoms with E-state index in [-0.39, 0.29) is 29.8 Å². The van der Waals surface area contributed by atoms with Crippen LogP contribution in [0.4, 0.5) is 0 Å². The highest BCUT2D eigenvalue weighted by molar-refractivity contribution is 5.97. The Hall–Kier alpha value is -1.10. The molecule has 0 aliphatic carbocycles. The monoisotopic (exact) mass is 256 g/mol. The summed E-state index contributed by atoms with van der Waals surface area (Å²) in [6.07, 6.45) is 1.57. The molecule has 5 heteroatoms. The Morgan fingerprint density at radius 3 is 2.56 bits per heavy atom. The van der Waals surface area contributed by atoms with E-state index in [1.807, 2.05) is 20.8 Å². The Kier molecular flexibility index (Phi) is 5.59. The molecular formula is C13H24N2O3. The number of hydrogen-bond acceptors (Lipinski definition) is 3. The average molecular weight is 256 g/mol. The lowest BCUT2D eigenvalue weighted by atomic mass is 9.95. The predicted octanol–water partition coefficient (Wildman–Crippen LogP) is 0.785. The van der Waals surface area contributed by atoms with E-state index in [2.05, 4.69) is 5.32 Å². The fourth-order valence-electron chi connectivity index (χ4n) is 2.38. The van der Waals surface area contributed by atoms with Gasteiger partial charge in [-0.1, -0.05) is 27.2 Å². The molecule has 0 bridgehead atoms. The maximum absolute atomic E-state index is 12.3. The van der Waals surface area contributed by atoms with E-state index in [1.54, 1.807) is 12.0 Å². The van der Waals surface area contributed by atoms with Crippen molar-refractivity contribution >= 4 is 11.8 Å². The summed E-state index contributed by atoms with van der Waals surface area (Å²) >= 11 is 0. The molecule has 1 N–H and O–H groups in total. The predicted molar refractivity (Wildman–Crippen MR) is 69.1 cm³/mol. The molecule has 2 atom stereocenters. The van der Waals surface area contributed by atoms with Crippen LogP contribution in [0.15, 0.2) is 0 Å².